The Morgan fingerprint density at radius 3 is 2.78 bits per heavy atom. The number of carboxylic acids is 1. The largest absolute Gasteiger partial charge is 0.495 e. The lowest BCUT2D eigenvalue weighted by Crippen LogP contribution is -2.22. The maximum absolute atomic E-state index is 12.7. The number of carbonyl (C=O) groups is 2. The smallest absolute Gasteiger partial charge is 0.305 e. The molecule has 0 spiro atoms. The van der Waals surface area contributed by atoms with E-state index < -0.39 is 5.97 Å². The lowest BCUT2D eigenvalue weighted by molar-refractivity contribution is -0.137. The second-order valence-corrected chi connectivity index (χ2v) is 6.78. The number of para-hydroxylation sites is 2. The number of carboxylic acid groups (broad SMARTS) is 1. The van der Waals surface area contributed by atoms with Crippen molar-refractivity contribution in [2.45, 2.75) is 19.9 Å². The number of ether oxygens (including phenoxy) is 1. The number of aliphatic carboxylic acids is 1. The van der Waals surface area contributed by atoms with E-state index in [-0.39, 0.29) is 24.4 Å². The number of fused-ring (bicyclic) bond motifs is 1. The first-order chi connectivity index (χ1) is 12.9. The Bertz CT molecular complexity index is 1090. The molecule has 2 aromatic heterocycles. The normalized spacial score (nSPS) is 10.7. The van der Waals surface area contributed by atoms with E-state index in [9.17, 15) is 14.4 Å². The van der Waals surface area contributed by atoms with Crippen LogP contribution >= 0.6 is 11.3 Å². The molecule has 0 saturated carbocycles. The molecule has 2 heterocycles. The van der Waals surface area contributed by atoms with Gasteiger partial charge in [-0.1, -0.05) is 12.1 Å². The van der Waals surface area contributed by atoms with Gasteiger partial charge in [-0.25, -0.2) is 4.98 Å². The summed E-state index contributed by atoms with van der Waals surface area (Å²) in [4.78, 5) is 41.1. The maximum Gasteiger partial charge on any atom is 0.305 e. The van der Waals surface area contributed by atoms with E-state index in [1.54, 1.807) is 31.2 Å². The molecule has 3 rings (SSSR count). The van der Waals surface area contributed by atoms with Crippen molar-refractivity contribution in [1.29, 1.82) is 0 Å². The van der Waals surface area contributed by atoms with Crippen molar-refractivity contribution in [2.75, 3.05) is 12.4 Å². The summed E-state index contributed by atoms with van der Waals surface area (Å²) in [5.74, 6) is -0.837. The average molecular weight is 387 g/mol. The lowest BCUT2D eigenvalue weighted by atomic mass is 10.2. The molecule has 0 fully saturated rings. The Morgan fingerprint density at radius 1 is 1.33 bits per heavy atom. The molecule has 0 aliphatic rings. The predicted octanol–water partition coefficient (Wildman–Crippen LogP) is 2.50. The molecule has 27 heavy (non-hydrogen) atoms. The van der Waals surface area contributed by atoms with Crippen LogP contribution < -0.4 is 15.6 Å². The number of carbonyl (C=O) groups excluding carboxylic acids is 1. The van der Waals surface area contributed by atoms with E-state index in [2.05, 4.69) is 10.3 Å². The summed E-state index contributed by atoms with van der Waals surface area (Å²) in [6.45, 7) is 1.70. The number of anilines is 1. The third-order valence-electron chi connectivity index (χ3n) is 4.05. The number of aryl methyl sites for hydroxylation is 2. The minimum Gasteiger partial charge on any atom is -0.495 e. The van der Waals surface area contributed by atoms with Crippen molar-refractivity contribution >= 4 is 39.1 Å². The van der Waals surface area contributed by atoms with Gasteiger partial charge in [0.1, 0.15) is 10.6 Å². The zero-order chi connectivity index (χ0) is 19.6. The monoisotopic (exact) mass is 387 g/mol. The lowest BCUT2D eigenvalue weighted by Gasteiger charge is -2.09. The number of amides is 1. The molecule has 3 aromatic rings. The van der Waals surface area contributed by atoms with Crippen molar-refractivity contribution in [3.8, 4) is 5.75 Å². The van der Waals surface area contributed by atoms with E-state index in [1.807, 2.05) is 0 Å². The molecule has 0 bridgehead atoms. The zero-order valence-corrected chi connectivity index (χ0v) is 15.5. The maximum atomic E-state index is 12.7. The number of thiophene rings is 1. The first kappa shape index (κ1) is 18.6. The third-order valence-corrected chi connectivity index (χ3v) is 5.24. The summed E-state index contributed by atoms with van der Waals surface area (Å²) in [7, 11) is 1.51. The van der Waals surface area contributed by atoms with Crippen LogP contribution in [0.25, 0.3) is 10.2 Å². The number of benzene rings is 1. The highest BCUT2D eigenvalue weighted by Crippen LogP contribution is 2.29. The van der Waals surface area contributed by atoms with Crippen LogP contribution in [0, 0.1) is 6.92 Å². The molecule has 0 aliphatic carbocycles. The number of aromatic nitrogens is 2. The Kier molecular flexibility index (Phi) is 5.22. The molecule has 1 aromatic carbocycles. The average Bonchev–Trinajstić information content (AvgIpc) is 2.99. The SMILES string of the molecule is COc1ccccc1NC(=O)c1sc2ncn(CCC(=O)O)c(=O)c2c1C. The third kappa shape index (κ3) is 3.68. The summed E-state index contributed by atoms with van der Waals surface area (Å²) in [5.41, 5.74) is 0.685. The zero-order valence-electron chi connectivity index (χ0n) is 14.7. The molecule has 1 amide bonds. The number of hydrogen-bond donors (Lipinski definition) is 2. The molecule has 0 saturated heterocycles. The van der Waals surface area contributed by atoms with E-state index in [4.69, 9.17) is 9.84 Å². The summed E-state index contributed by atoms with van der Waals surface area (Å²) in [6.07, 6.45) is 1.13. The van der Waals surface area contributed by atoms with Gasteiger partial charge in [0.25, 0.3) is 11.5 Å². The molecule has 2 N–H and O–H groups in total. The van der Waals surface area contributed by atoms with E-state index >= 15 is 0 Å². The van der Waals surface area contributed by atoms with Gasteiger partial charge in [-0.15, -0.1) is 11.3 Å². The Balaban J connectivity index is 1.97. The first-order valence-corrected chi connectivity index (χ1v) is 8.88. The number of hydrogen-bond acceptors (Lipinski definition) is 6. The van der Waals surface area contributed by atoms with Crippen molar-refractivity contribution in [3.05, 3.63) is 51.4 Å². The van der Waals surface area contributed by atoms with Gasteiger partial charge in [-0.3, -0.25) is 19.0 Å². The number of nitrogens with zero attached hydrogens (tertiary/aromatic N) is 2. The van der Waals surface area contributed by atoms with E-state index in [1.165, 1.54) is 18.0 Å². The van der Waals surface area contributed by atoms with Crippen LogP contribution in [0.2, 0.25) is 0 Å². The van der Waals surface area contributed by atoms with Crippen LogP contribution in [-0.4, -0.2) is 33.6 Å². The summed E-state index contributed by atoms with van der Waals surface area (Å²) < 4.78 is 6.48. The molecular formula is C18H17N3O5S. The van der Waals surface area contributed by atoms with Crippen LogP contribution in [0.15, 0.2) is 35.4 Å². The molecule has 0 radical (unpaired) electrons. The topological polar surface area (TPSA) is 111 Å². The fourth-order valence-electron chi connectivity index (χ4n) is 2.68. The van der Waals surface area contributed by atoms with Gasteiger partial charge in [0.15, 0.2) is 0 Å². The molecule has 9 heteroatoms. The summed E-state index contributed by atoms with van der Waals surface area (Å²) in [5, 5.41) is 11.9. The fourth-order valence-corrected chi connectivity index (χ4v) is 3.71. The van der Waals surface area contributed by atoms with Crippen LogP contribution in [-0.2, 0) is 11.3 Å². The Hall–Kier alpha value is -3.20. The second-order valence-electron chi connectivity index (χ2n) is 5.78. The van der Waals surface area contributed by atoms with Crippen LogP contribution in [0.1, 0.15) is 21.7 Å². The molecule has 140 valence electrons. The minimum absolute atomic E-state index is 0.0230. The van der Waals surface area contributed by atoms with Crippen molar-refractivity contribution in [2.24, 2.45) is 0 Å². The van der Waals surface area contributed by atoms with Crippen LogP contribution in [0.5, 0.6) is 5.75 Å². The number of nitrogens with one attached hydrogen (secondary N) is 1. The summed E-state index contributed by atoms with van der Waals surface area (Å²) >= 11 is 1.12. The molecular weight excluding hydrogens is 370 g/mol. The highest BCUT2D eigenvalue weighted by Gasteiger charge is 2.20. The Morgan fingerprint density at radius 2 is 2.07 bits per heavy atom. The van der Waals surface area contributed by atoms with Gasteiger partial charge in [-0.05, 0) is 24.6 Å². The number of methoxy groups -OCH3 is 1. The van der Waals surface area contributed by atoms with Crippen molar-refractivity contribution in [3.63, 3.8) is 0 Å². The fraction of sp³-hybridized carbons (Fsp3) is 0.222. The van der Waals surface area contributed by atoms with E-state index in [0.29, 0.717) is 32.1 Å². The van der Waals surface area contributed by atoms with Gasteiger partial charge >= 0.3 is 5.97 Å². The second kappa shape index (κ2) is 7.58. The van der Waals surface area contributed by atoms with Gasteiger partial charge in [0, 0.05) is 6.54 Å². The highest BCUT2D eigenvalue weighted by atomic mass is 32.1. The van der Waals surface area contributed by atoms with Crippen LogP contribution in [0.4, 0.5) is 5.69 Å². The van der Waals surface area contributed by atoms with Gasteiger partial charge in [-0.2, -0.15) is 0 Å². The van der Waals surface area contributed by atoms with Gasteiger partial charge in [0.05, 0.1) is 35.8 Å². The summed E-state index contributed by atoms with van der Waals surface area (Å²) in [6, 6.07) is 7.02. The standard InChI is InChI=1S/C18H17N3O5S/c1-10-14-17(19-9-21(18(14)25)8-7-13(22)23)27-15(10)16(24)20-11-5-3-4-6-12(11)26-2/h3-6,9H,7-8H2,1-2H3,(H,20,24)(H,22,23). The first-order valence-electron chi connectivity index (χ1n) is 8.07. The quantitative estimate of drug-likeness (QED) is 0.672. The predicted molar refractivity (Wildman–Crippen MR) is 102 cm³/mol. The molecule has 0 aliphatic heterocycles. The van der Waals surface area contributed by atoms with Gasteiger partial charge in [0.2, 0.25) is 0 Å². The van der Waals surface area contributed by atoms with Crippen molar-refractivity contribution < 1.29 is 19.4 Å². The number of rotatable bonds is 6. The molecule has 8 nitrogen and oxygen atoms in total. The molecule has 0 atom stereocenters. The highest BCUT2D eigenvalue weighted by molar-refractivity contribution is 7.20. The van der Waals surface area contributed by atoms with E-state index in [0.717, 1.165) is 11.3 Å². The van der Waals surface area contributed by atoms with Crippen LogP contribution in [0.3, 0.4) is 0 Å². The Labute approximate surface area is 158 Å². The van der Waals surface area contributed by atoms with Gasteiger partial charge < -0.3 is 15.2 Å². The minimum atomic E-state index is -0.999. The molecule has 0 unspecified atom stereocenters. The van der Waals surface area contributed by atoms with Crippen molar-refractivity contribution in [1.82, 2.24) is 9.55 Å².